The van der Waals surface area contributed by atoms with E-state index in [2.05, 4.69) is 9.72 Å². The van der Waals surface area contributed by atoms with Crippen LogP contribution in [0.5, 0.6) is 5.75 Å². The van der Waals surface area contributed by atoms with Crippen molar-refractivity contribution in [3.8, 4) is 5.75 Å². The number of aryl methyl sites for hydroxylation is 1. The van der Waals surface area contributed by atoms with Crippen LogP contribution in [0.15, 0.2) is 48.5 Å². The van der Waals surface area contributed by atoms with Gasteiger partial charge in [-0.1, -0.05) is 18.2 Å². The predicted octanol–water partition coefficient (Wildman–Crippen LogP) is 2.57. The number of hydrogen-bond acceptors (Lipinski definition) is 5. The summed E-state index contributed by atoms with van der Waals surface area (Å²) in [6, 6.07) is 14.5. The zero-order valence-electron chi connectivity index (χ0n) is 14.2. The lowest BCUT2D eigenvalue weighted by Crippen LogP contribution is -2.24. The monoisotopic (exact) mass is 340 g/mol. The van der Waals surface area contributed by atoms with Gasteiger partial charge < -0.3 is 19.1 Å². The fourth-order valence-corrected chi connectivity index (χ4v) is 2.71. The Morgan fingerprint density at radius 3 is 2.84 bits per heavy atom. The van der Waals surface area contributed by atoms with Gasteiger partial charge in [0.1, 0.15) is 24.3 Å². The van der Waals surface area contributed by atoms with Crippen LogP contribution in [0.25, 0.3) is 11.0 Å². The predicted molar refractivity (Wildman–Crippen MR) is 93.8 cm³/mol. The van der Waals surface area contributed by atoms with Crippen LogP contribution in [0.2, 0.25) is 0 Å². The first-order chi connectivity index (χ1) is 12.1. The van der Waals surface area contributed by atoms with E-state index in [1.54, 1.807) is 24.3 Å². The minimum Gasteiger partial charge on any atom is -0.491 e. The summed E-state index contributed by atoms with van der Waals surface area (Å²) in [4.78, 5) is 16.0. The molecule has 0 amide bonds. The van der Waals surface area contributed by atoms with Gasteiger partial charge in [0.05, 0.1) is 30.3 Å². The number of hydrogen-bond donors (Lipinski definition) is 1. The van der Waals surface area contributed by atoms with Crippen LogP contribution in [0, 0.1) is 6.92 Å². The molecule has 1 heterocycles. The molecule has 0 spiro atoms. The molecule has 6 nitrogen and oxygen atoms in total. The molecule has 1 atom stereocenters. The maximum absolute atomic E-state index is 11.5. The Morgan fingerprint density at radius 2 is 2.04 bits per heavy atom. The second-order valence-corrected chi connectivity index (χ2v) is 5.74. The van der Waals surface area contributed by atoms with E-state index in [0.717, 1.165) is 16.9 Å². The average molecular weight is 340 g/mol. The van der Waals surface area contributed by atoms with Crippen molar-refractivity contribution in [1.29, 1.82) is 0 Å². The molecular weight excluding hydrogens is 320 g/mol. The molecule has 0 radical (unpaired) electrons. The van der Waals surface area contributed by atoms with E-state index in [9.17, 15) is 9.90 Å². The molecule has 1 unspecified atom stereocenters. The topological polar surface area (TPSA) is 73.6 Å². The largest absolute Gasteiger partial charge is 0.491 e. The van der Waals surface area contributed by atoms with Crippen LogP contribution >= 0.6 is 0 Å². The zero-order valence-corrected chi connectivity index (χ0v) is 14.2. The summed E-state index contributed by atoms with van der Waals surface area (Å²) in [6.45, 7) is 2.40. The Balaban J connectivity index is 1.66. The number of fused-ring (bicyclic) bond motifs is 1. The molecule has 3 rings (SSSR count). The number of imidazole rings is 1. The highest BCUT2D eigenvalue weighted by Gasteiger charge is 2.13. The highest BCUT2D eigenvalue weighted by atomic mass is 16.5. The van der Waals surface area contributed by atoms with Crippen LogP contribution in [0.1, 0.15) is 16.2 Å². The lowest BCUT2D eigenvalue weighted by molar-refractivity contribution is 0.0599. The van der Waals surface area contributed by atoms with Gasteiger partial charge in [-0.25, -0.2) is 9.78 Å². The van der Waals surface area contributed by atoms with Crippen LogP contribution in [0.3, 0.4) is 0 Å². The summed E-state index contributed by atoms with van der Waals surface area (Å²) in [5.74, 6) is 0.925. The van der Waals surface area contributed by atoms with Crippen molar-refractivity contribution in [3.63, 3.8) is 0 Å². The molecule has 0 aliphatic carbocycles. The first kappa shape index (κ1) is 17.0. The third kappa shape index (κ3) is 3.80. The molecule has 2 aromatic carbocycles. The van der Waals surface area contributed by atoms with Gasteiger partial charge in [0.25, 0.3) is 0 Å². The molecule has 0 fully saturated rings. The molecule has 1 aromatic heterocycles. The Morgan fingerprint density at radius 1 is 1.24 bits per heavy atom. The summed E-state index contributed by atoms with van der Waals surface area (Å²) in [6.07, 6.45) is -0.710. The van der Waals surface area contributed by atoms with Gasteiger partial charge in [0, 0.05) is 0 Å². The fraction of sp³-hybridized carbons (Fsp3) is 0.263. The number of ether oxygens (including phenoxy) is 2. The van der Waals surface area contributed by atoms with Gasteiger partial charge in [0.2, 0.25) is 0 Å². The molecule has 130 valence electrons. The van der Waals surface area contributed by atoms with Gasteiger partial charge in [-0.15, -0.1) is 0 Å². The summed E-state index contributed by atoms with van der Waals surface area (Å²) >= 11 is 0. The van der Waals surface area contributed by atoms with Crippen molar-refractivity contribution in [2.45, 2.75) is 19.6 Å². The molecular formula is C19H20N2O4. The number of methoxy groups -OCH3 is 1. The second kappa shape index (κ2) is 7.36. The highest BCUT2D eigenvalue weighted by molar-refractivity contribution is 5.89. The second-order valence-electron chi connectivity index (χ2n) is 5.74. The van der Waals surface area contributed by atoms with Crippen molar-refractivity contribution < 1.29 is 19.4 Å². The van der Waals surface area contributed by atoms with Gasteiger partial charge in [0.15, 0.2) is 0 Å². The average Bonchev–Trinajstić information content (AvgIpc) is 2.95. The number of esters is 1. The van der Waals surface area contributed by atoms with E-state index in [1.807, 2.05) is 35.8 Å². The molecule has 0 saturated heterocycles. The molecule has 0 aliphatic heterocycles. The highest BCUT2D eigenvalue weighted by Crippen LogP contribution is 2.17. The van der Waals surface area contributed by atoms with Gasteiger partial charge in [-0.05, 0) is 37.3 Å². The number of carbonyl (C=O) groups excluding carboxylic acids is 1. The summed E-state index contributed by atoms with van der Waals surface area (Å²) in [5.41, 5.74) is 2.29. The third-order valence-corrected chi connectivity index (χ3v) is 3.94. The minimum absolute atomic E-state index is 0.108. The number of benzene rings is 2. The van der Waals surface area contributed by atoms with E-state index in [0.29, 0.717) is 17.9 Å². The van der Waals surface area contributed by atoms with Crippen molar-refractivity contribution in [3.05, 3.63) is 59.9 Å². The van der Waals surface area contributed by atoms with E-state index < -0.39 is 12.1 Å². The number of aliphatic hydroxyl groups is 1. The molecule has 6 heteroatoms. The fourth-order valence-electron chi connectivity index (χ4n) is 2.71. The summed E-state index contributed by atoms with van der Waals surface area (Å²) < 4.78 is 12.3. The SMILES string of the molecule is COC(=O)c1cccc(OCC(O)Cn2c(C)nc3ccccc32)c1. The Kier molecular flexibility index (Phi) is 5.00. The van der Waals surface area contributed by atoms with Crippen LogP contribution in [0.4, 0.5) is 0 Å². The van der Waals surface area contributed by atoms with Crippen LogP contribution in [-0.2, 0) is 11.3 Å². The van der Waals surface area contributed by atoms with E-state index in [4.69, 9.17) is 4.74 Å². The lowest BCUT2D eigenvalue weighted by Gasteiger charge is -2.15. The standard InChI is InChI=1S/C19H20N2O4/c1-13-20-17-8-3-4-9-18(17)21(13)11-15(22)12-25-16-7-5-6-14(10-16)19(23)24-2/h3-10,15,22H,11-12H2,1-2H3. The quantitative estimate of drug-likeness (QED) is 0.698. The number of rotatable bonds is 6. The van der Waals surface area contributed by atoms with Crippen molar-refractivity contribution in [2.75, 3.05) is 13.7 Å². The number of nitrogens with zero attached hydrogens (tertiary/aromatic N) is 2. The number of aromatic nitrogens is 2. The maximum atomic E-state index is 11.5. The first-order valence-corrected chi connectivity index (χ1v) is 7.99. The number of carbonyl (C=O) groups is 1. The van der Waals surface area contributed by atoms with Crippen molar-refractivity contribution in [2.24, 2.45) is 0 Å². The third-order valence-electron chi connectivity index (χ3n) is 3.94. The number of aliphatic hydroxyl groups excluding tert-OH is 1. The smallest absolute Gasteiger partial charge is 0.337 e. The molecule has 0 bridgehead atoms. The van der Waals surface area contributed by atoms with E-state index in [1.165, 1.54) is 7.11 Å². The van der Waals surface area contributed by atoms with E-state index in [-0.39, 0.29) is 6.61 Å². The minimum atomic E-state index is -0.710. The Hall–Kier alpha value is -2.86. The molecule has 3 aromatic rings. The Labute approximate surface area is 145 Å². The van der Waals surface area contributed by atoms with E-state index >= 15 is 0 Å². The summed E-state index contributed by atoms with van der Waals surface area (Å²) in [7, 11) is 1.33. The van der Waals surface area contributed by atoms with Gasteiger partial charge in [-0.2, -0.15) is 0 Å². The van der Waals surface area contributed by atoms with Crippen molar-refractivity contribution >= 4 is 17.0 Å². The Bertz CT molecular complexity index is 888. The lowest BCUT2D eigenvalue weighted by atomic mass is 10.2. The molecule has 0 aliphatic rings. The first-order valence-electron chi connectivity index (χ1n) is 7.99. The molecule has 1 N–H and O–H groups in total. The van der Waals surface area contributed by atoms with Crippen LogP contribution < -0.4 is 4.74 Å². The van der Waals surface area contributed by atoms with Gasteiger partial charge >= 0.3 is 5.97 Å². The number of para-hydroxylation sites is 2. The van der Waals surface area contributed by atoms with Gasteiger partial charge in [-0.3, -0.25) is 0 Å². The maximum Gasteiger partial charge on any atom is 0.337 e. The molecule has 0 saturated carbocycles. The molecule has 25 heavy (non-hydrogen) atoms. The zero-order chi connectivity index (χ0) is 17.8. The summed E-state index contributed by atoms with van der Waals surface area (Å²) in [5, 5.41) is 10.3. The van der Waals surface area contributed by atoms with Crippen LogP contribution in [-0.4, -0.2) is 40.4 Å². The normalized spacial score (nSPS) is 12.1. The van der Waals surface area contributed by atoms with Crippen molar-refractivity contribution in [1.82, 2.24) is 9.55 Å².